The van der Waals surface area contributed by atoms with E-state index in [1.54, 1.807) is 4.98 Å². The van der Waals surface area contributed by atoms with Gasteiger partial charge >= 0.3 is 11.7 Å². The van der Waals surface area contributed by atoms with E-state index < -0.39 is 23.1 Å². The quantitative estimate of drug-likeness (QED) is 0.833. The number of fused-ring (bicyclic) bond motifs is 1. The average Bonchev–Trinajstić information content (AvgIpc) is 2.51. The van der Waals surface area contributed by atoms with Gasteiger partial charge in [-0.05, 0) is 30.4 Å². The highest BCUT2D eigenvalue weighted by Crippen LogP contribution is 2.29. The summed E-state index contributed by atoms with van der Waals surface area (Å²) < 4.78 is 13.8. The number of hydrogen-bond donors (Lipinski definition) is 2. The molecule has 1 unspecified atom stereocenters. The lowest BCUT2D eigenvalue weighted by atomic mass is 9.88. The number of aryl methyl sites for hydroxylation is 1. The van der Waals surface area contributed by atoms with Gasteiger partial charge in [-0.15, -0.1) is 0 Å². The van der Waals surface area contributed by atoms with Crippen LogP contribution in [0.25, 0.3) is 0 Å². The second-order valence-electron chi connectivity index (χ2n) is 5.20. The van der Waals surface area contributed by atoms with Gasteiger partial charge in [-0.25, -0.2) is 14.2 Å². The Balaban J connectivity index is 1.89. The Morgan fingerprint density at radius 3 is 2.91 bits per heavy atom. The summed E-state index contributed by atoms with van der Waals surface area (Å²) in [5.41, 5.74) is 0.0455. The third kappa shape index (κ3) is 2.57. The summed E-state index contributed by atoms with van der Waals surface area (Å²) in [7, 11) is 0. The first-order chi connectivity index (χ1) is 10.6. The number of rotatable bonds is 1. The van der Waals surface area contributed by atoms with Crippen molar-refractivity contribution in [1.82, 2.24) is 14.9 Å². The third-order valence-corrected chi connectivity index (χ3v) is 3.78. The maximum atomic E-state index is 13.3. The molecule has 1 aromatic carbocycles. The predicted octanol–water partition coefficient (Wildman–Crippen LogP) is 1.31. The van der Waals surface area contributed by atoms with Crippen molar-refractivity contribution in [3.63, 3.8) is 0 Å². The van der Waals surface area contributed by atoms with Crippen LogP contribution in [0.1, 0.15) is 30.0 Å². The first-order valence-electron chi connectivity index (χ1n) is 6.96. The van der Waals surface area contributed by atoms with Gasteiger partial charge in [-0.3, -0.25) is 9.78 Å². The van der Waals surface area contributed by atoms with Crippen LogP contribution in [0.4, 0.5) is 9.18 Å². The zero-order valence-electron chi connectivity index (χ0n) is 11.6. The normalized spacial score (nSPS) is 16.9. The van der Waals surface area contributed by atoms with Crippen molar-refractivity contribution in [3.8, 4) is 0 Å². The molecule has 1 aliphatic carbocycles. The molecule has 114 valence electrons. The highest BCUT2D eigenvalue weighted by atomic mass is 19.1. The fourth-order valence-electron chi connectivity index (χ4n) is 2.72. The van der Waals surface area contributed by atoms with Gasteiger partial charge < -0.3 is 5.32 Å². The van der Waals surface area contributed by atoms with Crippen LogP contribution in [0.15, 0.2) is 40.1 Å². The number of nitrogens with one attached hydrogen (secondary N) is 2. The summed E-state index contributed by atoms with van der Waals surface area (Å²) in [6.07, 6.45) is 3.20. The number of aromatic nitrogens is 2. The Labute approximate surface area is 124 Å². The zero-order chi connectivity index (χ0) is 15.7. The summed E-state index contributed by atoms with van der Waals surface area (Å²) in [6, 6.07) is 6.75. The van der Waals surface area contributed by atoms with E-state index in [0.29, 0.717) is 10.8 Å². The maximum Gasteiger partial charge on any atom is 0.336 e. The molecule has 0 spiro atoms. The minimum absolute atomic E-state index is 0.237. The smallest absolute Gasteiger partial charge is 0.330 e. The third-order valence-electron chi connectivity index (χ3n) is 3.78. The van der Waals surface area contributed by atoms with Gasteiger partial charge in [0, 0.05) is 0 Å². The van der Waals surface area contributed by atoms with Crippen molar-refractivity contribution in [2.24, 2.45) is 0 Å². The van der Waals surface area contributed by atoms with E-state index in [2.05, 4.69) is 5.32 Å². The fraction of sp³-hybridized carbons (Fsp3) is 0.267. The topological polar surface area (TPSA) is 84.0 Å². The predicted molar refractivity (Wildman–Crippen MR) is 77.3 cm³/mol. The van der Waals surface area contributed by atoms with Crippen molar-refractivity contribution in [2.45, 2.75) is 25.3 Å². The number of hydrogen-bond acceptors (Lipinski definition) is 3. The first kappa shape index (κ1) is 14.2. The van der Waals surface area contributed by atoms with Gasteiger partial charge in [0.2, 0.25) is 5.82 Å². The molecule has 2 aromatic rings. The average molecular weight is 303 g/mol. The Morgan fingerprint density at radius 2 is 2.09 bits per heavy atom. The molecule has 0 radical (unpaired) electrons. The van der Waals surface area contributed by atoms with E-state index in [1.165, 1.54) is 0 Å². The molecule has 0 aliphatic heterocycles. The van der Waals surface area contributed by atoms with E-state index in [4.69, 9.17) is 0 Å². The van der Waals surface area contributed by atoms with Crippen molar-refractivity contribution in [3.05, 3.63) is 68.2 Å². The molecule has 6 nitrogen and oxygen atoms in total. The molecule has 1 heterocycles. The van der Waals surface area contributed by atoms with Crippen LogP contribution in [0.2, 0.25) is 0 Å². The number of aromatic amines is 1. The van der Waals surface area contributed by atoms with Crippen LogP contribution in [0.3, 0.4) is 0 Å². The Morgan fingerprint density at radius 1 is 1.32 bits per heavy atom. The summed E-state index contributed by atoms with van der Waals surface area (Å²) in [6.45, 7) is 0. The molecule has 3 rings (SSSR count). The molecular weight excluding hydrogens is 289 g/mol. The Kier molecular flexibility index (Phi) is 3.62. The number of nitrogens with zero attached hydrogens (tertiary/aromatic N) is 1. The minimum atomic E-state index is -1.18. The second kappa shape index (κ2) is 5.59. The number of H-pyrrole nitrogens is 1. The summed E-state index contributed by atoms with van der Waals surface area (Å²) in [5.74, 6) is -1.18. The first-order valence-corrected chi connectivity index (χ1v) is 6.96. The molecule has 0 fully saturated rings. The van der Waals surface area contributed by atoms with E-state index in [0.717, 1.165) is 30.4 Å². The molecule has 22 heavy (non-hydrogen) atoms. The number of carbonyl (C=O) groups is 1. The molecule has 0 saturated carbocycles. The molecule has 1 atom stereocenters. The monoisotopic (exact) mass is 303 g/mol. The lowest BCUT2D eigenvalue weighted by Gasteiger charge is -2.26. The number of carbonyl (C=O) groups excluding carboxylic acids is 1. The SMILES string of the molecule is O=C(NC1CCCc2ccccc21)n1cc(F)c(=O)[nH]c1=O. The number of halogens is 1. The van der Waals surface area contributed by atoms with Crippen LogP contribution in [0, 0.1) is 5.82 Å². The molecule has 1 amide bonds. The standard InChI is InChI=1S/C15H14FN3O3/c16-11-8-19(15(22)18-13(11)20)14(21)17-12-7-3-5-9-4-1-2-6-10(9)12/h1-2,4,6,8,12H,3,5,7H2,(H,17,21)(H,18,20,22). The van der Waals surface area contributed by atoms with Crippen LogP contribution in [0.5, 0.6) is 0 Å². The molecule has 7 heteroatoms. The van der Waals surface area contributed by atoms with Gasteiger partial charge in [0.1, 0.15) is 0 Å². The van der Waals surface area contributed by atoms with Gasteiger partial charge in [0.05, 0.1) is 12.2 Å². The van der Waals surface area contributed by atoms with E-state index in [1.807, 2.05) is 24.3 Å². The molecule has 1 aromatic heterocycles. The zero-order valence-corrected chi connectivity index (χ0v) is 11.6. The van der Waals surface area contributed by atoms with Crippen molar-refractivity contribution < 1.29 is 9.18 Å². The summed E-state index contributed by atoms with van der Waals surface area (Å²) in [4.78, 5) is 36.5. The van der Waals surface area contributed by atoms with Crippen LogP contribution in [-0.4, -0.2) is 15.6 Å². The van der Waals surface area contributed by atoms with Gasteiger partial charge in [-0.1, -0.05) is 24.3 Å². The summed E-state index contributed by atoms with van der Waals surface area (Å²) >= 11 is 0. The fourth-order valence-corrected chi connectivity index (χ4v) is 2.72. The highest BCUT2D eigenvalue weighted by molar-refractivity contribution is 5.76. The highest BCUT2D eigenvalue weighted by Gasteiger charge is 2.22. The Hall–Kier alpha value is -2.70. The van der Waals surface area contributed by atoms with Crippen molar-refractivity contribution in [2.75, 3.05) is 0 Å². The van der Waals surface area contributed by atoms with Crippen LogP contribution < -0.4 is 16.6 Å². The summed E-state index contributed by atoms with van der Waals surface area (Å²) in [5, 5.41) is 2.71. The van der Waals surface area contributed by atoms with Gasteiger partial charge in [-0.2, -0.15) is 4.39 Å². The largest absolute Gasteiger partial charge is 0.336 e. The second-order valence-corrected chi connectivity index (χ2v) is 5.20. The van der Waals surface area contributed by atoms with E-state index >= 15 is 0 Å². The van der Waals surface area contributed by atoms with Crippen molar-refractivity contribution >= 4 is 6.03 Å². The molecular formula is C15H14FN3O3. The molecule has 1 aliphatic rings. The lowest BCUT2D eigenvalue weighted by molar-refractivity contribution is 0.235. The Bertz CT molecular complexity index is 840. The number of benzene rings is 1. The van der Waals surface area contributed by atoms with E-state index in [9.17, 15) is 18.8 Å². The van der Waals surface area contributed by atoms with Crippen molar-refractivity contribution in [1.29, 1.82) is 0 Å². The van der Waals surface area contributed by atoms with E-state index in [-0.39, 0.29) is 6.04 Å². The number of amides is 1. The molecule has 0 saturated heterocycles. The van der Waals surface area contributed by atoms with Crippen LogP contribution in [-0.2, 0) is 6.42 Å². The van der Waals surface area contributed by atoms with Crippen LogP contribution >= 0.6 is 0 Å². The minimum Gasteiger partial charge on any atom is -0.330 e. The molecule has 2 N–H and O–H groups in total. The maximum absolute atomic E-state index is 13.3. The van der Waals surface area contributed by atoms with Gasteiger partial charge in [0.15, 0.2) is 0 Å². The molecule has 0 bridgehead atoms. The lowest BCUT2D eigenvalue weighted by Crippen LogP contribution is -2.42. The van der Waals surface area contributed by atoms with Gasteiger partial charge in [0.25, 0.3) is 5.56 Å².